The Morgan fingerprint density at radius 1 is 1.30 bits per heavy atom. The number of nitrogens with two attached hydrogens (primary N) is 1. The summed E-state index contributed by atoms with van der Waals surface area (Å²) < 4.78 is 0. The highest BCUT2D eigenvalue weighted by Crippen LogP contribution is 2.38. The molecule has 0 radical (unpaired) electrons. The van der Waals surface area contributed by atoms with Gasteiger partial charge in [0.15, 0.2) is 0 Å². The van der Waals surface area contributed by atoms with Crippen molar-refractivity contribution in [2.24, 2.45) is 11.1 Å². The molecule has 2 aliphatic rings. The van der Waals surface area contributed by atoms with E-state index in [4.69, 9.17) is 5.73 Å². The Hall–Kier alpha value is -0.610. The number of likely N-dealkylation sites (N-methyl/N-ethyl adjacent to an activating group) is 2. The highest BCUT2D eigenvalue weighted by atomic mass is 16.2. The van der Waals surface area contributed by atoms with E-state index < -0.39 is 0 Å². The molecule has 1 saturated heterocycles. The molecule has 1 aliphatic heterocycles. The minimum absolute atomic E-state index is 0.0875. The highest BCUT2D eigenvalue weighted by molar-refractivity contribution is 5.77. The number of carbonyl (C=O) groups excluding carboxylic acids is 1. The lowest BCUT2D eigenvalue weighted by Gasteiger charge is -2.40. The van der Waals surface area contributed by atoms with Gasteiger partial charge in [-0.1, -0.05) is 19.3 Å². The minimum atomic E-state index is 0.0875. The third kappa shape index (κ3) is 3.73. The number of likely N-dealkylation sites (tertiary alicyclic amines) is 1. The van der Waals surface area contributed by atoms with Gasteiger partial charge in [0.05, 0.1) is 0 Å². The van der Waals surface area contributed by atoms with Gasteiger partial charge >= 0.3 is 0 Å². The maximum absolute atomic E-state index is 12.6. The van der Waals surface area contributed by atoms with Crippen molar-refractivity contribution in [1.82, 2.24) is 9.80 Å². The zero-order valence-corrected chi connectivity index (χ0v) is 13.2. The maximum atomic E-state index is 12.6. The van der Waals surface area contributed by atoms with Crippen molar-refractivity contribution in [2.75, 3.05) is 33.7 Å². The first kappa shape index (κ1) is 15.8. The highest BCUT2D eigenvalue weighted by Gasteiger charge is 2.35. The number of carbonyl (C=O) groups is 1. The molecular weight excluding hydrogens is 250 g/mol. The second-order valence-corrected chi connectivity index (χ2v) is 7.00. The van der Waals surface area contributed by atoms with Crippen LogP contribution in [0.1, 0.15) is 51.4 Å². The summed E-state index contributed by atoms with van der Waals surface area (Å²) >= 11 is 0. The molecule has 1 aliphatic carbocycles. The lowest BCUT2D eigenvalue weighted by Crippen LogP contribution is -2.49. The Morgan fingerprint density at radius 2 is 2.00 bits per heavy atom. The number of hydrogen-bond donors (Lipinski definition) is 1. The second-order valence-electron chi connectivity index (χ2n) is 7.00. The number of amides is 1. The van der Waals surface area contributed by atoms with Crippen molar-refractivity contribution < 1.29 is 4.79 Å². The number of rotatable bonds is 4. The van der Waals surface area contributed by atoms with E-state index in [9.17, 15) is 4.79 Å². The molecule has 1 heterocycles. The number of hydrogen-bond acceptors (Lipinski definition) is 3. The van der Waals surface area contributed by atoms with Crippen molar-refractivity contribution in [2.45, 2.75) is 57.4 Å². The van der Waals surface area contributed by atoms with Crippen LogP contribution in [0.25, 0.3) is 0 Å². The van der Waals surface area contributed by atoms with Crippen LogP contribution in [0, 0.1) is 5.41 Å². The van der Waals surface area contributed by atoms with Gasteiger partial charge in [0.25, 0.3) is 0 Å². The Kier molecular flexibility index (Phi) is 5.44. The summed E-state index contributed by atoms with van der Waals surface area (Å²) in [5.41, 5.74) is 6.10. The molecule has 1 amide bonds. The van der Waals surface area contributed by atoms with Crippen LogP contribution in [0.2, 0.25) is 0 Å². The van der Waals surface area contributed by atoms with Crippen molar-refractivity contribution in [3.8, 4) is 0 Å². The third-order valence-corrected chi connectivity index (χ3v) is 5.41. The van der Waals surface area contributed by atoms with Gasteiger partial charge in [0.2, 0.25) is 5.91 Å². The second kappa shape index (κ2) is 6.90. The van der Waals surface area contributed by atoms with Crippen molar-refractivity contribution in [3.63, 3.8) is 0 Å². The summed E-state index contributed by atoms with van der Waals surface area (Å²) in [6.07, 6.45) is 9.03. The van der Waals surface area contributed by atoms with Crippen LogP contribution in [0.15, 0.2) is 0 Å². The summed E-state index contributed by atoms with van der Waals surface area (Å²) in [7, 11) is 4.13. The van der Waals surface area contributed by atoms with E-state index >= 15 is 0 Å². The van der Waals surface area contributed by atoms with Gasteiger partial charge in [-0.25, -0.2) is 0 Å². The average molecular weight is 281 g/mol. The largest absolute Gasteiger partial charge is 0.341 e. The van der Waals surface area contributed by atoms with Gasteiger partial charge in [-0.15, -0.1) is 0 Å². The number of nitrogens with zero attached hydrogens (tertiary/aromatic N) is 2. The Labute approximate surface area is 123 Å². The molecule has 4 heteroatoms. The SMILES string of the molecule is CN1CCCC(N(C)C(=O)CC2(CN)CCCCC2)C1. The zero-order chi connectivity index (χ0) is 14.6. The van der Waals surface area contributed by atoms with Crippen LogP contribution in [-0.2, 0) is 4.79 Å². The molecule has 1 saturated carbocycles. The van der Waals surface area contributed by atoms with Crippen LogP contribution >= 0.6 is 0 Å². The number of piperidine rings is 1. The zero-order valence-electron chi connectivity index (χ0n) is 13.2. The lowest BCUT2D eigenvalue weighted by atomic mass is 9.71. The summed E-state index contributed by atoms with van der Waals surface area (Å²) in [5.74, 6) is 0.303. The van der Waals surface area contributed by atoms with Crippen LogP contribution < -0.4 is 5.73 Å². The van der Waals surface area contributed by atoms with Gasteiger partial charge in [-0.05, 0) is 51.2 Å². The fourth-order valence-corrected chi connectivity index (χ4v) is 3.86. The summed E-state index contributed by atoms with van der Waals surface area (Å²) in [5, 5.41) is 0. The summed E-state index contributed by atoms with van der Waals surface area (Å²) in [6, 6.07) is 0.389. The van der Waals surface area contributed by atoms with Crippen LogP contribution in [0.5, 0.6) is 0 Å². The van der Waals surface area contributed by atoms with Gasteiger partial charge < -0.3 is 15.5 Å². The summed E-state index contributed by atoms with van der Waals surface area (Å²) in [4.78, 5) is 17.0. The predicted octanol–water partition coefficient (Wildman–Crippen LogP) is 1.84. The molecule has 0 bridgehead atoms. The normalized spacial score (nSPS) is 27.2. The van der Waals surface area contributed by atoms with Crippen LogP contribution in [0.3, 0.4) is 0 Å². The first-order chi connectivity index (χ1) is 9.56. The molecule has 20 heavy (non-hydrogen) atoms. The van der Waals surface area contributed by atoms with E-state index in [-0.39, 0.29) is 5.41 Å². The van der Waals surface area contributed by atoms with Gasteiger partial charge in [-0.3, -0.25) is 4.79 Å². The van der Waals surface area contributed by atoms with Crippen molar-refractivity contribution in [1.29, 1.82) is 0 Å². The first-order valence-electron chi connectivity index (χ1n) is 8.21. The predicted molar refractivity (Wildman–Crippen MR) is 82.5 cm³/mol. The maximum Gasteiger partial charge on any atom is 0.223 e. The first-order valence-corrected chi connectivity index (χ1v) is 8.21. The van der Waals surface area contributed by atoms with E-state index in [1.165, 1.54) is 25.7 Å². The standard InChI is InChI=1S/C16H31N3O/c1-18-10-6-7-14(12-18)19(2)15(20)11-16(13-17)8-4-3-5-9-16/h14H,3-13,17H2,1-2H3. The van der Waals surface area contributed by atoms with Gasteiger partial charge in [-0.2, -0.15) is 0 Å². The lowest BCUT2D eigenvalue weighted by molar-refractivity contribution is -0.136. The quantitative estimate of drug-likeness (QED) is 0.855. The molecule has 2 rings (SSSR count). The van der Waals surface area contributed by atoms with E-state index in [1.807, 2.05) is 11.9 Å². The Balaban J connectivity index is 1.92. The van der Waals surface area contributed by atoms with E-state index in [2.05, 4.69) is 11.9 Å². The van der Waals surface area contributed by atoms with E-state index in [1.54, 1.807) is 0 Å². The topological polar surface area (TPSA) is 49.6 Å². The van der Waals surface area contributed by atoms with Crippen LogP contribution in [-0.4, -0.2) is 55.5 Å². The molecule has 0 aromatic rings. The van der Waals surface area contributed by atoms with Gasteiger partial charge in [0, 0.05) is 26.1 Å². The fraction of sp³-hybridized carbons (Fsp3) is 0.938. The molecular formula is C16H31N3O. The molecule has 0 spiro atoms. The molecule has 0 aromatic heterocycles. The molecule has 0 aromatic carbocycles. The molecule has 1 atom stereocenters. The van der Waals surface area contributed by atoms with E-state index in [0.717, 1.165) is 32.4 Å². The summed E-state index contributed by atoms with van der Waals surface area (Å²) in [6.45, 7) is 2.83. The van der Waals surface area contributed by atoms with Crippen molar-refractivity contribution >= 4 is 5.91 Å². The molecule has 4 nitrogen and oxygen atoms in total. The average Bonchev–Trinajstić information content (AvgIpc) is 2.47. The smallest absolute Gasteiger partial charge is 0.223 e. The monoisotopic (exact) mass is 281 g/mol. The Bertz CT molecular complexity index is 326. The van der Waals surface area contributed by atoms with Crippen LogP contribution in [0.4, 0.5) is 0 Å². The fourth-order valence-electron chi connectivity index (χ4n) is 3.86. The van der Waals surface area contributed by atoms with Crippen molar-refractivity contribution in [3.05, 3.63) is 0 Å². The third-order valence-electron chi connectivity index (χ3n) is 5.41. The van der Waals surface area contributed by atoms with E-state index in [0.29, 0.717) is 24.9 Å². The molecule has 2 fully saturated rings. The Morgan fingerprint density at radius 3 is 2.60 bits per heavy atom. The molecule has 1 unspecified atom stereocenters. The van der Waals surface area contributed by atoms with Gasteiger partial charge in [0.1, 0.15) is 0 Å². The molecule has 116 valence electrons. The molecule has 2 N–H and O–H groups in total. The minimum Gasteiger partial charge on any atom is -0.341 e.